The Bertz CT molecular complexity index is 787. The molecule has 3 rings (SSSR count). The van der Waals surface area contributed by atoms with E-state index in [-0.39, 0.29) is 16.9 Å². The summed E-state index contributed by atoms with van der Waals surface area (Å²) in [4.78, 5) is 29.4. The maximum absolute atomic E-state index is 12.6. The number of carbonyl (C=O) groups excluding carboxylic acids is 1. The Hall–Kier alpha value is -2.36. The van der Waals surface area contributed by atoms with Crippen LogP contribution in [0.3, 0.4) is 0 Å². The Morgan fingerprint density at radius 2 is 1.83 bits per heavy atom. The summed E-state index contributed by atoms with van der Waals surface area (Å²) in [5, 5.41) is 0. The SMILES string of the molecule is Cc1cc(C)cc([C@@H]2CCN(C(=O)c3c[nH]c(C)cc3=O)C2)c1. The molecule has 2 aromatic rings. The minimum absolute atomic E-state index is 0.168. The summed E-state index contributed by atoms with van der Waals surface area (Å²) in [5.41, 5.74) is 4.58. The van der Waals surface area contributed by atoms with Gasteiger partial charge in [0, 0.05) is 37.0 Å². The molecule has 1 fully saturated rings. The van der Waals surface area contributed by atoms with Gasteiger partial charge in [0.15, 0.2) is 5.43 Å². The first-order valence-corrected chi connectivity index (χ1v) is 8.01. The number of hydrogen-bond donors (Lipinski definition) is 1. The lowest BCUT2D eigenvalue weighted by Gasteiger charge is -2.17. The number of pyridine rings is 1. The van der Waals surface area contributed by atoms with Crippen LogP contribution in [0.1, 0.15) is 45.1 Å². The van der Waals surface area contributed by atoms with Crippen molar-refractivity contribution in [2.75, 3.05) is 13.1 Å². The quantitative estimate of drug-likeness (QED) is 0.927. The third kappa shape index (κ3) is 3.21. The number of likely N-dealkylation sites (tertiary alicyclic amines) is 1. The molecule has 1 saturated heterocycles. The minimum atomic E-state index is -0.207. The van der Waals surface area contributed by atoms with E-state index in [0.29, 0.717) is 19.0 Å². The predicted octanol–water partition coefficient (Wildman–Crippen LogP) is 2.93. The number of aryl methyl sites for hydroxylation is 3. The minimum Gasteiger partial charge on any atom is -0.364 e. The monoisotopic (exact) mass is 310 g/mol. The van der Waals surface area contributed by atoms with Gasteiger partial charge < -0.3 is 9.88 Å². The summed E-state index contributed by atoms with van der Waals surface area (Å²) in [5.74, 6) is 0.181. The van der Waals surface area contributed by atoms with Crippen LogP contribution >= 0.6 is 0 Å². The van der Waals surface area contributed by atoms with Crippen LogP contribution in [0.4, 0.5) is 0 Å². The Balaban J connectivity index is 1.79. The molecule has 0 radical (unpaired) electrons. The standard InChI is InChI=1S/C19H22N2O2/c1-12-6-13(2)8-16(7-12)15-4-5-21(11-15)19(23)17-10-20-14(3)9-18(17)22/h6-10,15H,4-5,11H2,1-3H3,(H,20,22)/t15-/m1/s1. The van der Waals surface area contributed by atoms with E-state index in [2.05, 4.69) is 37.0 Å². The molecule has 4 heteroatoms. The van der Waals surface area contributed by atoms with Crippen LogP contribution < -0.4 is 5.43 Å². The molecule has 2 heterocycles. The van der Waals surface area contributed by atoms with Crippen molar-refractivity contribution >= 4 is 5.91 Å². The second kappa shape index (κ2) is 6.03. The molecular formula is C19H22N2O2. The van der Waals surface area contributed by atoms with Crippen LogP contribution in [0, 0.1) is 20.8 Å². The van der Waals surface area contributed by atoms with Crippen molar-refractivity contribution < 1.29 is 4.79 Å². The molecule has 0 unspecified atom stereocenters. The van der Waals surface area contributed by atoms with Gasteiger partial charge in [0.25, 0.3) is 5.91 Å². The molecule has 4 nitrogen and oxygen atoms in total. The van der Waals surface area contributed by atoms with E-state index >= 15 is 0 Å². The normalized spacial score (nSPS) is 17.5. The molecule has 0 saturated carbocycles. The van der Waals surface area contributed by atoms with Gasteiger partial charge in [0.05, 0.1) is 0 Å². The van der Waals surface area contributed by atoms with Gasteiger partial charge in [-0.25, -0.2) is 0 Å². The number of nitrogens with one attached hydrogen (secondary N) is 1. The van der Waals surface area contributed by atoms with E-state index in [9.17, 15) is 9.59 Å². The van der Waals surface area contributed by atoms with Crippen LogP contribution in [0.25, 0.3) is 0 Å². The molecule has 0 aliphatic carbocycles. The fourth-order valence-corrected chi connectivity index (χ4v) is 3.37. The third-order valence-corrected chi connectivity index (χ3v) is 4.48. The van der Waals surface area contributed by atoms with Gasteiger partial charge in [-0.2, -0.15) is 0 Å². The highest BCUT2D eigenvalue weighted by atomic mass is 16.2. The lowest BCUT2D eigenvalue weighted by atomic mass is 9.95. The van der Waals surface area contributed by atoms with Crippen LogP contribution in [0.15, 0.2) is 35.3 Å². The van der Waals surface area contributed by atoms with Crippen molar-refractivity contribution in [3.05, 3.63) is 68.6 Å². The lowest BCUT2D eigenvalue weighted by molar-refractivity contribution is 0.0789. The maximum atomic E-state index is 12.6. The topological polar surface area (TPSA) is 53.2 Å². The van der Waals surface area contributed by atoms with Crippen molar-refractivity contribution in [1.29, 1.82) is 0 Å². The summed E-state index contributed by atoms with van der Waals surface area (Å²) in [6.07, 6.45) is 2.47. The van der Waals surface area contributed by atoms with Crippen molar-refractivity contribution in [2.24, 2.45) is 0 Å². The summed E-state index contributed by atoms with van der Waals surface area (Å²) in [6, 6.07) is 8.03. The number of hydrogen-bond acceptors (Lipinski definition) is 2. The zero-order chi connectivity index (χ0) is 16.6. The molecule has 1 N–H and O–H groups in total. The number of benzene rings is 1. The molecule has 1 amide bonds. The first-order valence-electron chi connectivity index (χ1n) is 8.01. The van der Waals surface area contributed by atoms with Gasteiger partial charge in [-0.05, 0) is 32.8 Å². The zero-order valence-electron chi connectivity index (χ0n) is 13.8. The number of H-pyrrole nitrogens is 1. The molecule has 0 bridgehead atoms. The second-order valence-electron chi connectivity index (χ2n) is 6.55. The van der Waals surface area contributed by atoms with Gasteiger partial charge >= 0.3 is 0 Å². The molecule has 120 valence electrons. The number of amides is 1. The number of aromatic amines is 1. The highest BCUT2D eigenvalue weighted by molar-refractivity contribution is 5.94. The van der Waals surface area contributed by atoms with E-state index in [1.54, 1.807) is 4.90 Å². The van der Waals surface area contributed by atoms with E-state index in [0.717, 1.165) is 12.1 Å². The first kappa shape index (κ1) is 15.5. The Kier molecular flexibility index (Phi) is 4.07. The van der Waals surface area contributed by atoms with Gasteiger partial charge in [0.1, 0.15) is 5.56 Å². The van der Waals surface area contributed by atoms with E-state index < -0.39 is 0 Å². The molecule has 0 spiro atoms. The molecule has 1 atom stereocenters. The largest absolute Gasteiger partial charge is 0.364 e. The van der Waals surface area contributed by atoms with Crippen molar-refractivity contribution in [1.82, 2.24) is 9.88 Å². The average molecular weight is 310 g/mol. The third-order valence-electron chi connectivity index (χ3n) is 4.48. The Morgan fingerprint density at radius 3 is 2.48 bits per heavy atom. The Morgan fingerprint density at radius 1 is 1.13 bits per heavy atom. The summed E-state index contributed by atoms with van der Waals surface area (Å²) < 4.78 is 0. The number of aromatic nitrogens is 1. The number of carbonyl (C=O) groups is 1. The van der Waals surface area contributed by atoms with Crippen LogP contribution in [0.2, 0.25) is 0 Å². The van der Waals surface area contributed by atoms with Crippen LogP contribution in [-0.4, -0.2) is 28.9 Å². The van der Waals surface area contributed by atoms with E-state index in [1.807, 2.05) is 6.92 Å². The van der Waals surface area contributed by atoms with E-state index in [1.165, 1.54) is 29.0 Å². The number of rotatable bonds is 2. The second-order valence-corrected chi connectivity index (χ2v) is 6.55. The van der Waals surface area contributed by atoms with Crippen molar-refractivity contribution in [3.8, 4) is 0 Å². The fourth-order valence-electron chi connectivity index (χ4n) is 3.37. The van der Waals surface area contributed by atoms with Crippen LogP contribution in [0.5, 0.6) is 0 Å². The van der Waals surface area contributed by atoms with Gasteiger partial charge in [0.2, 0.25) is 0 Å². The van der Waals surface area contributed by atoms with E-state index in [4.69, 9.17) is 0 Å². The number of nitrogens with zero attached hydrogens (tertiary/aromatic N) is 1. The molecule has 1 aromatic heterocycles. The zero-order valence-corrected chi connectivity index (χ0v) is 13.8. The smallest absolute Gasteiger partial charge is 0.259 e. The molecule has 1 aliphatic rings. The predicted molar refractivity (Wildman–Crippen MR) is 91.0 cm³/mol. The highest BCUT2D eigenvalue weighted by Gasteiger charge is 2.29. The summed E-state index contributed by atoms with van der Waals surface area (Å²) >= 11 is 0. The lowest BCUT2D eigenvalue weighted by Crippen LogP contribution is -2.32. The molecular weight excluding hydrogens is 288 g/mol. The maximum Gasteiger partial charge on any atom is 0.259 e. The Labute approximate surface area is 136 Å². The van der Waals surface area contributed by atoms with Gasteiger partial charge in [-0.1, -0.05) is 29.3 Å². The van der Waals surface area contributed by atoms with Gasteiger partial charge in [-0.3, -0.25) is 9.59 Å². The highest BCUT2D eigenvalue weighted by Crippen LogP contribution is 2.29. The van der Waals surface area contributed by atoms with Crippen molar-refractivity contribution in [3.63, 3.8) is 0 Å². The average Bonchev–Trinajstić information content (AvgIpc) is 2.95. The summed E-state index contributed by atoms with van der Waals surface area (Å²) in [7, 11) is 0. The molecule has 23 heavy (non-hydrogen) atoms. The van der Waals surface area contributed by atoms with Gasteiger partial charge in [-0.15, -0.1) is 0 Å². The summed E-state index contributed by atoms with van der Waals surface area (Å²) in [6.45, 7) is 7.38. The van der Waals surface area contributed by atoms with Crippen molar-refractivity contribution in [2.45, 2.75) is 33.1 Å². The fraction of sp³-hybridized carbons (Fsp3) is 0.368. The molecule has 1 aromatic carbocycles. The molecule has 1 aliphatic heterocycles. The van der Waals surface area contributed by atoms with Crippen LogP contribution in [-0.2, 0) is 0 Å². The first-order chi connectivity index (χ1) is 10.9.